The van der Waals surface area contributed by atoms with Crippen LogP contribution in [0.5, 0.6) is 0 Å². The van der Waals surface area contributed by atoms with Crippen LogP contribution in [-0.4, -0.2) is 34.5 Å². The van der Waals surface area contributed by atoms with Gasteiger partial charge in [0.25, 0.3) is 0 Å². The van der Waals surface area contributed by atoms with E-state index in [2.05, 4.69) is 17.2 Å². The number of aliphatic hydroxyl groups is 1. The normalized spacial score (nSPS) is 31.1. The van der Waals surface area contributed by atoms with E-state index in [0.717, 1.165) is 30.9 Å². The van der Waals surface area contributed by atoms with Gasteiger partial charge in [-0.05, 0) is 55.0 Å². The molecule has 0 radical (unpaired) electrons. The lowest BCUT2D eigenvalue weighted by molar-refractivity contribution is -0.128. The molecule has 21 heavy (non-hydrogen) atoms. The van der Waals surface area contributed by atoms with Crippen LogP contribution in [0.2, 0.25) is 0 Å². The topological polar surface area (TPSA) is 40.5 Å². The third-order valence-corrected chi connectivity index (χ3v) is 6.51. The van der Waals surface area contributed by atoms with Crippen LogP contribution in [0.4, 0.5) is 0 Å². The highest BCUT2D eigenvalue weighted by atomic mass is 32.1. The fourth-order valence-corrected chi connectivity index (χ4v) is 4.59. The van der Waals surface area contributed by atoms with Crippen molar-refractivity contribution in [2.24, 2.45) is 11.8 Å². The first kappa shape index (κ1) is 15.2. The van der Waals surface area contributed by atoms with Crippen molar-refractivity contribution in [2.45, 2.75) is 51.7 Å². The molecule has 3 nitrogen and oxygen atoms in total. The maximum absolute atomic E-state index is 11.4. The smallest absolute Gasteiger partial charge is 0.169 e. The number of nitrogens with zero attached hydrogens (tertiary/aromatic N) is 1. The minimum Gasteiger partial charge on any atom is -0.389 e. The van der Waals surface area contributed by atoms with Gasteiger partial charge in [0, 0.05) is 19.6 Å². The summed E-state index contributed by atoms with van der Waals surface area (Å²) in [5.41, 5.74) is 0.792. The van der Waals surface area contributed by atoms with Gasteiger partial charge in [-0.2, -0.15) is 0 Å². The Morgan fingerprint density at radius 3 is 2.81 bits per heavy atom. The van der Waals surface area contributed by atoms with Crippen LogP contribution in [0, 0.1) is 11.8 Å². The minimum absolute atomic E-state index is 0.151. The summed E-state index contributed by atoms with van der Waals surface area (Å²) in [6.07, 6.45) is 4.58. The second kappa shape index (κ2) is 5.82. The van der Waals surface area contributed by atoms with Crippen LogP contribution in [0.3, 0.4) is 0 Å². The van der Waals surface area contributed by atoms with Crippen LogP contribution < -0.4 is 0 Å². The number of carbonyl (C=O) groups excluding carboxylic acids is 1. The van der Waals surface area contributed by atoms with E-state index >= 15 is 0 Å². The van der Waals surface area contributed by atoms with Crippen molar-refractivity contribution in [3.63, 3.8) is 0 Å². The standard InChI is InChI=1S/C17H25NO2S/c1-12-9-18(7-6-17(12,20)15-4-3-5-15)10-14-8-16(13(2)19)21-11-14/h8,11-12,15,20H,3-7,9-10H2,1-2H3/t12-,17+/m1/s1. The van der Waals surface area contributed by atoms with Gasteiger partial charge in [-0.15, -0.1) is 11.3 Å². The Morgan fingerprint density at radius 1 is 1.52 bits per heavy atom. The Kier molecular flexibility index (Phi) is 4.21. The number of Topliss-reactive ketones (excluding diaryl/α,β-unsaturated/α-hetero) is 1. The molecule has 0 aromatic carbocycles. The molecule has 1 aromatic heterocycles. The predicted molar refractivity (Wildman–Crippen MR) is 85.7 cm³/mol. The van der Waals surface area contributed by atoms with E-state index in [1.54, 1.807) is 6.92 Å². The van der Waals surface area contributed by atoms with Crippen molar-refractivity contribution >= 4 is 17.1 Å². The fraction of sp³-hybridized carbons (Fsp3) is 0.706. The van der Waals surface area contributed by atoms with Gasteiger partial charge in [0.2, 0.25) is 0 Å². The van der Waals surface area contributed by atoms with Crippen LogP contribution in [0.1, 0.15) is 54.8 Å². The molecule has 0 spiro atoms. The minimum atomic E-state index is -0.437. The van der Waals surface area contributed by atoms with Gasteiger partial charge >= 0.3 is 0 Å². The lowest BCUT2D eigenvalue weighted by Gasteiger charge is -2.50. The second-order valence-electron chi connectivity index (χ2n) is 6.88. The average Bonchev–Trinajstić information content (AvgIpc) is 2.81. The third-order valence-electron chi connectivity index (χ3n) is 5.43. The fourth-order valence-electron chi connectivity index (χ4n) is 3.78. The molecule has 2 heterocycles. The highest BCUT2D eigenvalue weighted by Gasteiger charge is 2.46. The number of piperidine rings is 1. The Labute approximate surface area is 131 Å². The summed E-state index contributed by atoms with van der Waals surface area (Å²) < 4.78 is 0. The molecule has 1 aromatic rings. The predicted octanol–water partition coefficient (Wildman–Crippen LogP) is 3.32. The summed E-state index contributed by atoms with van der Waals surface area (Å²) in [5.74, 6) is 1.01. The van der Waals surface area contributed by atoms with E-state index in [9.17, 15) is 9.90 Å². The van der Waals surface area contributed by atoms with Gasteiger partial charge in [0.05, 0.1) is 10.5 Å². The molecule has 0 unspecified atom stereocenters. The lowest BCUT2D eigenvalue weighted by atomic mass is 9.65. The quantitative estimate of drug-likeness (QED) is 0.868. The zero-order chi connectivity index (χ0) is 15.0. The first-order valence-corrected chi connectivity index (χ1v) is 8.90. The number of hydrogen-bond donors (Lipinski definition) is 1. The van der Waals surface area contributed by atoms with Crippen molar-refractivity contribution in [2.75, 3.05) is 13.1 Å². The lowest BCUT2D eigenvalue weighted by Crippen LogP contribution is -2.56. The Balaban J connectivity index is 1.60. The van der Waals surface area contributed by atoms with Crippen LogP contribution in [0.25, 0.3) is 0 Å². The summed E-state index contributed by atoms with van der Waals surface area (Å²) in [6.45, 7) is 6.63. The van der Waals surface area contributed by atoms with E-state index in [4.69, 9.17) is 0 Å². The first-order chi connectivity index (χ1) is 9.99. The maximum Gasteiger partial charge on any atom is 0.169 e. The van der Waals surface area contributed by atoms with Crippen LogP contribution >= 0.6 is 11.3 Å². The van der Waals surface area contributed by atoms with Gasteiger partial charge in [0.15, 0.2) is 5.78 Å². The second-order valence-corrected chi connectivity index (χ2v) is 7.79. The molecule has 2 atom stereocenters. The summed E-state index contributed by atoms with van der Waals surface area (Å²) in [5, 5.41) is 13.0. The molecule has 1 saturated heterocycles. The highest BCUT2D eigenvalue weighted by Crippen LogP contribution is 2.44. The molecule has 2 aliphatic rings. The molecule has 1 aliphatic carbocycles. The molecule has 1 aliphatic heterocycles. The molecule has 0 bridgehead atoms. The molecule has 1 saturated carbocycles. The first-order valence-electron chi connectivity index (χ1n) is 8.02. The number of rotatable bonds is 4. The summed E-state index contributed by atoms with van der Waals surface area (Å²) in [4.78, 5) is 14.6. The molecule has 3 rings (SSSR count). The number of hydrogen-bond acceptors (Lipinski definition) is 4. The van der Waals surface area contributed by atoms with Gasteiger partial charge in [-0.1, -0.05) is 13.3 Å². The highest BCUT2D eigenvalue weighted by molar-refractivity contribution is 7.12. The number of thiophene rings is 1. The summed E-state index contributed by atoms with van der Waals surface area (Å²) in [7, 11) is 0. The molecule has 116 valence electrons. The van der Waals surface area contributed by atoms with Crippen molar-refractivity contribution in [3.8, 4) is 0 Å². The molecule has 1 N–H and O–H groups in total. The van der Waals surface area contributed by atoms with Gasteiger partial charge in [-0.3, -0.25) is 9.69 Å². The van der Waals surface area contributed by atoms with Crippen molar-refractivity contribution < 1.29 is 9.90 Å². The SMILES string of the molecule is CC(=O)c1cc(CN2CC[C@@](O)(C3CCC3)[C@H](C)C2)cs1. The van der Waals surface area contributed by atoms with Crippen molar-refractivity contribution in [1.29, 1.82) is 0 Å². The van der Waals surface area contributed by atoms with E-state index in [1.807, 2.05) is 6.07 Å². The molecule has 4 heteroatoms. The van der Waals surface area contributed by atoms with E-state index < -0.39 is 5.60 Å². The number of likely N-dealkylation sites (tertiary alicyclic amines) is 1. The number of ketones is 1. The molecule has 2 fully saturated rings. The maximum atomic E-state index is 11.4. The zero-order valence-electron chi connectivity index (χ0n) is 13.0. The van der Waals surface area contributed by atoms with Crippen molar-refractivity contribution in [3.05, 3.63) is 21.9 Å². The van der Waals surface area contributed by atoms with E-state index in [-0.39, 0.29) is 5.78 Å². The average molecular weight is 307 g/mol. The van der Waals surface area contributed by atoms with Crippen LogP contribution in [-0.2, 0) is 6.54 Å². The molecule has 0 amide bonds. The summed E-state index contributed by atoms with van der Waals surface area (Å²) in [6, 6.07) is 2.02. The third kappa shape index (κ3) is 2.94. The van der Waals surface area contributed by atoms with E-state index in [1.165, 1.54) is 36.2 Å². The van der Waals surface area contributed by atoms with Crippen LogP contribution in [0.15, 0.2) is 11.4 Å². The Bertz CT molecular complexity index is 523. The summed E-state index contributed by atoms with van der Waals surface area (Å²) >= 11 is 1.54. The number of carbonyl (C=O) groups is 1. The monoisotopic (exact) mass is 307 g/mol. The zero-order valence-corrected chi connectivity index (χ0v) is 13.8. The van der Waals surface area contributed by atoms with Gasteiger partial charge in [-0.25, -0.2) is 0 Å². The molecular formula is C17H25NO2S. The largest absolute Gasteiger partial charge is 0.389 e. The Hall–Kier alpha value is -0.710. The Morgan fingerprint density at radius 2 is 2.29 bits per heavy atom. The van der Waals surface area contributed by atoms with Gasteiger partial charge < -0.3 is 5.11 Å². The van der Waals surface area contributed by atoms with Crippen molar-refractivity contribution in [1.82, 2.24) is 4.90 Å². The molecular weight excluding hydrogens is 282 g/mol. The van der Waals surface area contributed by atoms with E-state index in [0.29, 0.717) is 11.8 Å². The van der Waals surface area contributed by atoms with Gasteiger partial charge in [0.1, 0.15) is 0 Å².